The Hall–Kier alpha value is -1.64. The molecule has 0 aromatic heterocycles. The van der Waals surface area contributed by atoms with Crippen LogP contribution in [0.5, 0.6) is 0 Å². The summed E-state index contributed by atoms with van der Waals surface area (Å²) >= 11 is -1.61. The van der Waals surface area contributed by atoms with Crippen LogP contribution in [0.25, 0.3) is 0 Å². The summed E-state index contributed by atoms with van der Waals surface area (Å²) in [7, 11) is -7.90. The first kappa shape index (κ1) is 39.4. The van der Waals surface area contributed by atoms with E-state index < -0.39 is 83.6 Å². The zero-order valence-corrected chi connectivity index (χ0v) is 24.0. The molecular formula is C22H22F16O3S2. The van der Waals surface area contributed by atoms with Crippen molar-refractivity contribution in [3.63, 3.8) is 0 Å². The molecule has 0 amide bonds. The van der Waals surface area contributed by atoms with E-state index in [1.54, 1.807) is 20.8 Å². The third-order valence-corrected chi connectivity index (χ3v) is 7.91. The van der Waals surface area contributed by atoms with E-state index in [9.17, 15) is 78.7 Å². The summed E-state index contributed by atoms with van der Waals surface area (Å²) in [6, 6.07) is 2.80. The van der Waals surface area contributed by atoms with Gasteiger partial charge in [0, 0.05) is 4.90 Å². The van der Waals surface area contributed by atoms with Gasteiger partial charge in [-0.3, -0.25) is 4.55 Å². The summed E-state index contributed by atoms with van der Waals surface area (Å²) in [5.41, 5.74) is -1.98. The average molecular weight is 703 g/mol. The van der Waals surface area contributed by atoms with Gasteiger partial charge in [-0.1, -0.05) is 53.7 Å². The van der Waals surface area contributed by atoms with Crippen LogP contribution in [0.2, 0.25) is 0 Å². The van der Waals surface area contributed by atoms with Crippen molar-refractivity contribution in [2.75, 3.05) is 0 Å². The van der Waals surface area contributed by atoms with Gasteiger partial charge in [0.1, 0.15) is 0 Å². The molecule has 0 atom stereocenters. The Morgan fingerprint density at radius 1 is 0.558 bits per heavy atom. The summed E-state index contributed by atoms with van der Waals surface area (Å²) in [4.78, 5) is -1.03. The molecule has 1 aromatic carbocycles. The molecule has 3 nitrogen and oxygen atoms in total. The first-order valence-corrected chi connectivity index (χ1v) is 13.4. The molecule has 0 radical (unpaired) electrons. The SMILES string of the molecule is CC(C)(C)c1ccc(SC(F)(F)C(F)(F)C(F)(F)C(F)(F)C(F)(F)C(F)(F)C(F)(F)C(F)(F)S(=O)(=O)O)c(C(C)(C)C)c1. The maximum atomic E-state index is 14.7. The van der Waals surface area contributed by atoms with Gasteiger partial charge in [-0.15, -0.1) is 0 Å². The molecule has 0 aliphatic carbocycles. The van der Waals surface area contributed by atoms with Gasteiger partial charge < -0.3 is 0 Å². The first-order chi connectivity index (χ1) is 18.3. The fourth-order valence-corrected chi connectivity index (χ4v) is 4.79. The van der Waals surface area contributed by atoms with Crippen LogP contribution in [0, 0.1) is 0 Å². The summed E-state index contributed by atoms with van der Waals surface area (Å²) in [5, 5.41) is -14.4. The topological polar surface area (TPSA) is 54.4 Å². The summed E-state index contributed by atoms with van der Waals surface area (Å²) in [6.07, 6.45) is 0. The molecule has 252 valence electrons. The molecule has 1 rings (SSSR count). The van der Waals surface area contributed by atoms with Crippen LogP contribution in [-0.4, -0.2) is 59.0 Å². The molecule has 0 aliphatic heterocycles. The van der Waals surface area contributed by atoms with E-state index in [1.165, 1.54) is 20.8 Å². The highest BCUT2D eigenvalue weighted by Gasteiger charge is 2.96. The fourth-order valence-electron chi connectivity index (χ4n) is 3.19. The van der Waals surface area contributed by atoms with Crippen molar-refractivity contribution in [1.29, 1.82) is 0 Å². The largest absolute Gasteiger partial charge is 0.438 e. The standard InChI is InChI=1S/C22H22F16O3S2/c1-13(2,3)10-7-8-12(11(9-10)14(4,5)6)42-21(35,36)19(31,32)17(27,28)15(23,24)16(25,26)18(29,30)20(33,34)22(37,38)43(39,40)41/h7-9H,1-6H3,(H,39,40,41). The Labute approximate surface area is 238 Å². The molecule has 0 saturated carbocycles. The van der Waals surface area contributed by atoms with Gasteiger partial charge in [-0.05, 0) is 39.8 Å². The van der Waals surface area contributed by atoms with E-state index in [2.05, 4.69) is 0 Å². The van der Waals surface area contributed by atoms with Crippen molar-refractivity contribution in [3.05, 3.63) is 29.3 Å². The third-order valence-electron chi connectivity index (χ3n) is 5.92. The highest BCUT2D eigenvalue weighted by Crippen LogP contribution is 2.65. The Balaban J connectivity index is 3.83. The fraction of sp³-hybridized carbons (Fsp3) is 0.727. The highest BCUT2D eigenvalue weighted by atomic mass is 32.2. The number of hydrogen-bond donors (Lipinski definition) is 1. The molecule has 0 fully saturated rings. The van der Waals surface area contributed by atoms with Gasteiger partial charge in [-0.25, -0.2) is 0 Å². The molecule has 21 heteroatoms. The Kier molecular flexibility index (Phi) is 9.57. The minimum atomic E-state index is -8.81. The smallest absolute Gasteiger partial charge is 0.281 e. The van der Waals surface area contributed by atoms with Crippen LogP contribution in [0.15, 0.2) is 23.1 Å². The van der Waals surface area contributed by atoms with Gasteiger partial charge in [0.25, 0.3) is 0 Å². The molecule has 0 unspecified atom stereocenters. The molecule has 0 heterocycles. The van der Waals surface area contributed by atoms with Crippen molar-refractivity contribution in [1.82, 2.24) is 0 Å². The van der Waals surface area contributed by atoms with E-state index >= 15 is 0 Å². The number of hydrogen-bond acceptors (Lipinski definition) is 3. The van der Waals surface area contributed by atoms with E-state index in [-0.39, 0.29) is 5.56 Å². The number of thioether (sulfide) groups is 1. The van der Waals surface area contributed by atoms with Crippen molar-refractivity contribution in [3.8, 4) is 0 Å². The van der Waals surface area contributed by atoms with Crippen LogP contribution in [0.3, 0.4) is 0 Å². The number of halogens is 16. The van der Waals surface area contributed by atoms with Crippen molar-refractivity contribution in [2.24, 2.45) is 0 Å². The van der Waals surface area contributed by atoms with Gasteiger partial charge in [0.2, 0.25) is 0 Å². The number of rotatable bonds is 10. The minimum Gasteiger partial charge on any atom is -0.281 e. The third kappa shape index (κ3) is 5.90. The zero-order chi connectivity index (χ0) is 35.1. The van der Waals surface area contributed by atoms with E-state index in [0.29, 0.717) is 11.6 Å². The molecule has 1 aromatic rings. The Morgan fingerprint density at radius 3 is 1.23 bits per heavy atom. The summed E-state index contributed by atoms with van der Waals surface area (Å²) in [5.74, 6) is -50.9. The average Bonchev–Trinajstić information content (AvgIpc) is 2.75. The monoisotopic (exact) mass is 702 g/mol. The maximum absolute atomic E-state index is 14.7. The molecule has 0 saturated heterocycles. The predicted octanol–water partition coefficient (Wildman–Crippen LogP) is 9.26. The highest BCUT2D eigenvalue weighted by molar-refractivity contribution is 8.00. The quantitative estimate of drug-likeness (QED) is 0.150. The Morgan fingerprint density at radius 2 is 0.907 bits per heavy atom. The summed E-state index contributed by atoms with van der Waals surface area (Å²) < 4.78 is 253. The lowest BCUT2D eigenvalue weighted by atomic mass is 9.81. The van der Waals surface area contributed by atoms with Crippen molar-refractivity contribution >= 4 is 21.9 Å². The molecule has 0 aliphatic rings. The molecule has 0 spiro atoms. The molecular weight excluding hydrogens is 680 g/mol. The molecule has 1 N–H and O–H groups in total. The first-order valence-electron chi connectivity index (χ1n) is 11.1. The van der Waals surface area contributed by atoms with Crippen LogP contribution in [0.4, 0.5) is 70.2 Å². The summed E-state index contributed by atoms with van der Waals surface area (Å²) in [6.45, 7) is 8.67. The minimum absolute atomic E-state index is 0.306. The van der Waals surface area contributed by atoms with Crippen LogP contribution >= 0.6 is 11.8 Å². The van der Waals surface area contributed by atoms with Gasteiger partial charge >= 0.3 is 56.2 Å². The zero-order valence-electron chi connectivity index (χ0n) is 22.4. The maximum Gasteiger partial charge on any atom is 0.438 e. The number of benzene rings is 1. The van der Waals surface area contributed by atoms with Crippen LogP contribution < -0.4 is 0 Å². The molecule has 43 heavy (non-hydrogen) atoms. The normalized spacial score (nSPS) is 16.1. The van der Waals surface area contributed by atoms with Crippen LogP contribution in [0.1, 0.15) is 52.7 Å². The lowest BCUT2D eigenvalue weighted by Crippen LogP contribution is -2.75. The van der Waals surface area contributed by atoms with Gasteiger partial charge in [-0.2, -0.15) is 78.7 Å². The Bertz CT molecular complexity index is 1310. The predicted molar refractivity (Wildman–Crippen MR) is 121 cm³/mol. The number of alkyl halides is 16. The van der Waals surface area contributed by atoms with Crippen molar-refractivity contribution < 1.29 is 83.2 Å². The second kappa shape index (κ2) is 10.4. The second-order valence-corrected chi connectivity index (χ2v) is 13.9. The van der Waals surface area contributed by atoms with E-state index in [0.717, 1.165) is 12.1 Å². The van der Waals surface area contributed by atoms with Gasteiger partial charge in [0.05, 0.1) is 0 Å². The van der Waals surface area contributed by atoms with E-state index in [4.69, 9.17) is 4.55 Å². The lowest BCUT2D eigenvalue weighted by molar-refractivity contribution is -0.443. The second-order valence-electron chi connectivity index (χ2n) is 11.3. The van der Waals surface area contributed by atoms with Gasteiger partial charge in [0.15, 0.2) is 0 Å². The van der Waals surface area contributed by atoms with Crippen molar-refractivity contribution in [2.45, 2.75) is 103 Å². The van der Waals surface area contributed by atoms with Crippen LogP contribution in [-0.2, 0) is 20.9 Å². The van der Waals surface area contributed by atoms with E-state index in [1.807, 2.05) is 0 Å². The molecule has 0 bridgehead atoms. The lowest BCUT2D eigenvalue weighted by Gasteiger charge is -2.43.